The maximum absolute atomic E-state index is 12.0. The number of carbonyl (C=O) groups is 1. The molecule has 160 valence electrons. The minimum absolute atomic E-state index is 0. The molecule has 0 aliphatic carbocycles. The lowest BCUT2D eigenvalue weighted by molar-refractivity contribution is -0.138. The minimum Gasteiger partial charge on any atom is -0.492 e. The van der Waals surface area contributed by atoms with E-state index in [1.807, 2.05) is 11.9 Å². The molecule has 1 fully saturated rings. The highest BCUT2D eigenvalue weighted by Gasteiger charge is 2.23. The number of likely N-dealkylation sites (N-methyl/N-ethyl adjacent to an activating group) is 1. The van der Waals surface area contributed by atoms with Gasteiger partial charge in [0.25, 0.3) is 0 Å². The summed E-state index contributed by atoms with van der Waals surface area (Å²) in [7, 11) is 1.44. The second kappa shape index (κ2) is 11.0. The van der Waals surface area contributed by atoms with Gasteiger partial charge in [0.2, 0.25) is 10.0 Å². The molecule has 2 rings (SSSR count). The first-order valence-electron chi connectivity index (χ1n) is 9.00. The van der Waals surface area contributed by atoms with E-state index in [4.69, 9.17) is 9.84 Å². The van der Waals surface area contributed by atoms with E-state index >= 15 is 0 Å². The predicted molar refractivity (Wildman–Crippen MR) is 110 cm³/mol. The van der Waals surface area contributed by atoms with Crippen LogP contribution in [0.3, 0.4) is 0 Å². The van der Waals surface area contributed by atoms with Crippen molar-refractivity contribution in [3.05, 3.63) is 24.3 Å². The number of sulfonamides is 1. The zero-order chi connectivity index (χ0) is 20.0. The van der Waals surface area contributed by atoms with Crippen LogP contribution in [0.25, 0.3) is 0 Å². The lowest BCUT2D eigenvalue weighted by Crippen LogP contribution is -2.45. The SMILES string of the molecule is CN(CC(=O)O)C1CCN(CCOc2ccc(S(=O)(=O)N(C)C)cc2)CC1.Cl. The highest BCUT2D eigenvalue weighted by molar-refractivity contribution is 7.89. The number of aliphatic carboxylic acids is 1. The maximum Gasteiger partial charge on any atom is 0.317 e. The molecular weight excluding hydrogens is 406 g/mol. The first-order chi connectivity index (χ1) is 12.7. The van der Waals surface area contributed by atoms with Crippen molar-refractivity contribution >= 4 is 28.4 Å². The number of likely N-dealkylation sites (tertiary alicyclic amines) is 1. The van der Waals surface area contributed by atoms with Crippen molar-refractivity contribution in [2.45, 2.75) is 23.8 Å². The first-order valence-corrected chi connectivity index (χ1v) is 10.4. The molecule has 0 bridgehead atoms. The number of ether oxygens (including phenoxy) is 1. The summed E-state index contributed by atoms with van der Waals surface area (Å²) in [5, 5.41) is 8.88. The van der Waals surface area contributed by atoms with Crippen molar-refractivity contribution in [1.82, 2.24) is 14.1 Å². The molecule has 8 nitrogen and oxygen atoms in total. The van der Waals surface area contributed by atoms with Gasteiger partial charge < -0.3 is 9.84 Å². The fourth-order valence-corrected chi connectivity index (χ4v) is 4.04. The van der Waals surface area contributed by atoms with Gasteiger partial charge in [-0.05, 0) is 57.2 Å². The Labute approximate surface area is 173 Å². The van der Waals surface area contributed by atoms with Crippen LogP contribution in [0.5, 0.6) is 5.75 Å². The van der Waals surface area contributed by atoms with Crippen molar-refractivity contribution in [2.24, 2.45) is 0 Å². The van der Waals surface area contributed by atoms with Crippen molar-refractivity contribution in [2.75, 3.05) is 53.9 Å². The average molecular weight is 436 g/mol. The second-order valence-electron chi connectivity index (χ2n) is 6.99. The Morgan fingerprint density at radius 3 is 2.25 bits per heavy atom. The Morgan fingerprint density at radius 1 is 1.18 bits per heavy atom. The van der Waals surface area contributed by atoms with Gasteiger partial charge >= 0.3 is 5.97 Å². The molecule has 0 radical (unpaired) electrons. The Hall–Kier alpha value is -1.39. The summed E-state index contributed by atoms with van der Waals surface area (Å²) in [5.41, 5.74) is 0. The molecule has 0 unspecified atom stereocenters. The molecule has 1 heterocycles. The van der Waals surface area contributed by atoms with Crippen LogP contribution in [0.15, 0.2) is 29.2 Å². The van der Waals surface area contributed by atoms with Gasteiger partial charge in [-0.15, -0.1) is 12.4 Å². The first kappa shape index (κ1) is 24.6. The quantitative estimate of drug-likeness (QED) is 0.623. The van der Waals surface area contributed by atoms with Crippen LogP contribution in [0.4, 0.5) is 0 Å². The van der Waals surface area contributed by atoms with Gasteiger partial charge in [-0.2, -0.15) is 0 Å². The van der Waals surface area contributed by atoms with Crippen molar-refractivity contribution < 1.29 is 23.1 Å². The summed E-state index contributed by atoms with van der Waals surface area (Å²) in [4.78, 5) is 15.2. The fraction of sp³-hybridized carbons (Fsp3) is 0.611. The molecule has 0 amide bonds. The van der Waals surface area contributed by atoms with Crippen LogP contribution < -0.4 is 4.74 Å². The number of rotatable bonds is 9. The zero-order valence-corrected chi connectivity index (χ0v) is 18.2. The molecule has 1 saturated heterocycles. The topological polar surface area (TPSA) is 90.4 Å². The molecule has 28 heavy (non-hydrogen) atoms. The maximum atomic E-state index is 12.0. The monoisotopic (exact) mass is 435 g/mol. The van der Waals surface area contributed by atoms with Crippen LogP contribution in [0.1, 0.15) is 12.8 Å². The molecule has 0 spiro atoms. The Balaban J connectivity index is 0.00000392. The van der Waals surface area contributed by atoms with Crippen molar-refractivity contribution in [3.8, 4) is 5.75 Å². The number of hydrogen-bond donors (Lipinski definition) is 1. The molecule has 0 atom stereocenters. The number of piperidine rings is 1. The lowest BCUT2D eigenvalue weighted by atomic mass is 10.0. The third-order valence-electron chi connectivity index (χ3n) is 4.84. The normalized spacial score (nSPS) is 16.2. The van der Waals surface area contributed by atoms with Crippen LogP contribution >= 0.6 is 12.4 Å². The number of hydrogen-bond acceptors (Lipinski definition) is 6. The average Bonchev–Trinajstić information content (AvgIpc) is 2.62. The van der Waals surface area contributed by atoms with E-state index in [-0.39, 0.29) is 23.8 Å². The van der Waals surface area contributed by atoms with Gasteiger partial charge in [0.15, 0.2) is 0 Å². The van der Waals surface area contributed by atoms with Gasteiger partial charge in [-0.25, -0.2) is 12.7 Å². The van der Waals surface area contributed by atoms with E-state index in [1.54, 1.807) is 24.3 Å². The van der Waals surface area contributed by atoms with E-state index in [0.29, 0.717) is 18.4 Å². The van der Waals surface area contributed by atoms with E-state index in [1.165, 1.54) is 18.4 Å². The van der Waals surface area contributed by atoms with Gasteiger partial charge in [-0.1, -0.05) is 0 Å². The summed E-state index contributed by atoms with van der Waals surface area (Å²) in [6, 6.07) is 6.75. The lowest BCUT2D eigenvalue weighted by Gasteiger charge is -2.36. The number of nitrogens with zero attached hydrogens (tertiary/aromatic N) is 3. The summed E-state index contributed by atoms with van der Waals surface area (Å²) < 4.78 is 31.0. The second-order valence-corrected chi connectivity index (χ2v) is 9.14. The largest absolute Gasteiger partial charge is 0.492 e. The highest BCUT2D eigenvalue weighted by Crippen LogP contribution is 2.19. The van der Waals surface area contributed by atoms with Gasteiger partial charge in [0.1, 0.15) is 12.4 Å². The smallest absolute Gasteiger partial charge is 0.317 e. The van der Waals surface area contributed by atoms with Crippen LogP contribution in [-0.2, 0) is 14.8 Å². The standard InChI is InChI=1S/C18H29N3O5S.ClH/c1-19(2)27(24,25)17-6-4-16(5-7-17)26-13-12-21-10-8-15(9-11-21)20(3)14-18(22)23;/h4-7,15H,8-14H2,1-3H3,(H,22,23);1H. The zero-order valence-electron chi connectivity index (χ0n) is 16.6. The summed E-state index contributed by atoms with van der Waals surface area (Å²) in [6.45, 7) is 3.21. The molecule has 1 aliphatic rings. The molecule has 1 N–H and O–H groups in total. The van der Waals surface area contributed by atoms with Gasteiger partial charge in [0.05, 0.1) is 11.4 Å². The third-order valence-corrected chi connectivity index (χ3v) is 6.67. The molecule has 0 aromatic heterocycles. The molecule has 0 saturated carbocycles. The van der Waals surface area contributed by atoms with Crippen LogP contribution in [-0.4, -0.2) is 93.6 Å². The van der Waals surface area contributed by atoms with Crippen LogP contribution in [0, 0.1) is 0 Å². The van der Waals surface area contributed by atoms with E-state index in [0.717, 1.165) is 32.5 Å². The number of benzene rings is 1. The molecule has 1 aliphatic heterocycles. The Bertz CT molecular complexity index is 719. The number of halogens is 1. The molecule has 1 aromatic carbocycles. The van der Waals surface area contributed by atoms with Gasteiger partial charge in [-0.3, -0.25) is 14.6 Å². The summed E-state index contributed by atoms with van der Waals surface area (Å²) in [5.74, 6) is -0.151. The highest BCUT2D eigenvalue weighted by atomic mass is 35.5. The summed E-state index contributed by atoms with van der Waals surface area (Å²) >= 11 is 0. The van der Waals surface area contributed by atoms with Crippen molar-refractivity contribution in [3.63, 3.8) is 0 Å². The van der Waals surface area contributed by atoms with Gasteiger partial charge in [0, 0.05) is 26.7 Å². The minimum atomic E-state index is -3.42. The molecule has 1 aromatic rings. The fourth-order valence-electron chi connectivity index (χ4n) is 3.14. The third kappa shape index (κ3) is 6.89. The summed E-state index contributed by atoms with van der Waals surface area (Å²) in [6.07, 6.45) is 1.89. The molecule has 10 heteroatoms. The van der Waals surface area contributed by atoms with E-state index in [9.17, 15) is 13.2 Å². The Kier molecular flexibility index (Phi) is 9.65. The predicted octanol–water partition coefficient (Wildman–Crippen LogP) is 1.22. The van der Waals surface area contributed by atoms with Crippen LogP contribution in [0.2, 0.25) is 0 Å². The Morgan fingerprint density at radius 2 is 1.75 bits per heavy atom. The number of carboxylic acid groups (broad SMARTS) is 1. The van der Waals surface area contributed by atoms with E-state index < -0.39 is 16.0 Å². The van der Waals surface area contributed by atoms with E-state index in [2.05, 4.69) is 4.90 Å². The van der Waals surface area contributed by atoms with Crippen molar-refractivity contribution in [1.29, 1.82) is 0 Å². The number of carboxylic acids is 1. The molecular formula is C18H30ClN3O5S.